The SMILES string of the molecule is CNc1nc(N(C)C2CCCN(C)C2)c2ccccc2n1. The van der Waals surface area contributed by atoms with E-state index in [1.54, 1.807) is 0 Å². The van der Waals surface area contributed by atoms with Crippen molar-refractivity contribution in [3.8, 4) is 0 Å². The summed E-state index contributed by atoms with van der Waals surface area (Å²) in [7, 11) is 6.21. The van der Waals surface area contributed by atoms with Gasteiger partial charge < -0.3 is 15.1 Å². The molecule has 1 fully saturated rings. The lowest BCUT2D eigenvalue weighted by Crippen LogP contribution is -2.45. The zero-order valence-electron chi connectivity index (χ0n) is 13.0. The van der Waals surface area contributed by atoms with E-state index in [-0.39, 0.29) is 0 Å². The standard InChI is InChI=1S/C16H23N5/c1-17-16-18-14-9-5-4-8-13(14)15(19-16)21(3)12-7-6-10-20(2)11-12/h4-5,8-9,12H,6-7,10-11H2,1-3H3,(H,17,18,19). The van der Waals surface area contributed by atoms with Gasteiger partial charge in [-0.05, 0) is 38.6 Å². The highest BCUT2D eigenvalue weighted by molar-refractivity contribution is 5.90. The van der Waals surface area contributed by atoms with Crippen LogP contribution in [-0.2, 0) is 0 Å². The number of likely N-dealkylation sites (N-methyl/N-ethyl adjacent to an activating group) is 2. The molecule has 112 valence electrons. The summed E-state index contributed by atoms with van der Waals surface area (Å²) in [5, 5.41) is 4.18. The molecule has 1 aliphatic heterocycles. The second-order valence-corrected chi connectivity index (χ2v) is 5.81. The van der Waals surface area contributed by atoms with Gasteiger partial charge in [0.25, 0.3) is 0 Å². The van der Waals surface area contributed by atoms with Crippen molar-refractivity contribution in [1.82, 2.24) is 14.9 Å². The Labute approximate surface area is 126 Å². The fourth-order valence-electron chi connectivity index (χ4n) is 3.07. The first-order valence-corrected chi connectivity index (χ1v) is 7.55. The van der Waals surface area contributed by atoms with Crippen molar-refractivity contribution < 1.29 is 0 Å². The summed E-state index contributed by atoms with van der Waals surface area (Å²) in [6.45, 7) is 2.28. The second kappa shape index (κ2) is 5.85. The number of piperidine rings is 1. The van der Waals surface area contributed by atoms with Crippen LogP contribution in [0.3, 0.4) is 0 Å². The Morgan fingerprint density at radius 2 is 2.10 bits per heavy atom. The number of anilines is 2. The van der Waals surface area contributed by atoms with Crippen LogP contribution in [0.5, 0.6) is 0 Å². The molecule has 0 radical (unpaired) electrons. The van der Waals surface area contributed by atoms with Gasteiger partial charge in [-0.2, -0.15) is 4.98 Å². The van der Waals surface area contributed by atoms with Gasteiger partial charge in [0.05, 0.1) is 5.52 Å². The molecule has 0 amide bonds. The Hall–Kier alpha value is -1.88. The van der Waals surface area contributed by atoms with Gasteiger partial charge in [-0.25, -0.2) is 4.98 Å². The maximum Gasteiger partial charge on any atom is 0.224 e. The predicted molar refractivity (Wildman–Crippen MR) is 88.0 cm³/mol. The zero-order valence-corrected chi connectivity index (χ0v) is 13.0. The molecule has 2 heterocycles. The molecule has 1 aliphatic rings. The minimum Gasteiger partial charge on any atom is -0.357 e. The largest absolute Gasteiger partial charge is 0.357 e. The zero-order chi connectivity index (χ0) is 14.8. The molecule has 5 nitrogen and oxygen atoms in total. The summed E-state index contributed by atoms with van der Waals surface area (Å²) in [5.41, 5.74) is 0.989. The third-order valence-corrected chi connectivity index (χ3v) is 4.29. The quantitative estimate of drug-likeness (QED) is 0.936. The van der Waals surface area contributed by atoms with Crippen molar-refractivity contribution >= 4 is 22.7 Å². The average molecular weight is 285 g/mol. The van der Waals surface area contributed by atoms with Gasteiger partial charge in [0, 0.05) is 32.1 Å². The highest BCUT2D eigenvalue weighted by atomic mass is 15.3. The highest BCUT2D eigenvalue weighted by Gasteiger charge is 2.23. The van der Waals surface area contributed by atoms with Gasteiger partial charge >= 0.3 is 0 Å². The topological polar surface area (TPSA) is 44.3 Å². The molecule has 1 atom stereocenters. The molecule has 1 N–H and O–H groups in total. The van der Waals surface area contributed by atoms with E-state index in [1.807, 2.05) is 19.2 Å². The minimum absolute atomic E-state index is 0.506. The number of aromatic nitrogens is 2. The lowest BCUT2D eigenvalue weighted by Gasteiger charge is -2.36. The van der Waals surface area contributed by atoms with Crippen molar-refractivity contribution in [3.63, 3.8) is 0 Å². The highest BCUT2D eigenvalue weighted by Crippen LogP contribution is 2.27. The van der Waals surface area contributed by atoms with Gasteiger partial charge in [-0.3, -0.25) is 0 Å². The monoisotopic (exact) mass is 285 g/mol. The van der Waals surface area contributed by atoms with E-state index >= 15 is 0 Å². The second-order valence-electron chi connectivity index (χ2n) is 5.81. The van der Waals surface area contributed by atoms with Gasteiger partial charge in [0.1, 0.15) is 5.82 Å². The van der Waals surface area contributed by atoms with E-state index in [0.29, 0.717) is 12.0 Å². The van der Waals surface area contributed by atoms with Crippen LogP contribution in [0.15, 0.2) is 24.3 Å². The van der Waals surface area contributed by atoms with Crippen LogP contribution in [0, 0.1) is 0 Å². The Bertz CT molecular complexity index is 627. The van der Waals surface area contributed by atoms with Crippen molar-refractivity contribution in [2.75, 3.05) is 44.4 Å². The van der Waals surface area contributed by atoms with Crippen LogP contribution in [0.4, 0.5) is 11.8 Å². The van der Waals surface area contributed by atoms with Gasteiger partial charge in [-0.1, -0.05) is 12.1 Å². The van der Waals surface area contributed by atoms with E-state index in [0.717, 1.165) is 23.3 Å². The third-order valence-electron chi connectivity index (χ3n) is 4.29. The Kier molecular flexibility index (Phi) is 3.92. The summed E-state index contributed by atoms with van der Waals surface area (Å²) >= 11 is 0. The predicted octanol–water partition coefficient (Wildman–Crippen LogP) is 2.20. The molecule has 0 aliphatic carbocycles. The summed E-state index contributed by atoms with van der Waals surface area (Å²) in [6.07, 6.45) is 2.46. The van der Waals surface area contributed by atoms with Crippen molar-refractivity contribution in [2.24, 2.45) is 0 Å². The molecule has 1 aromatic carbocycles. The smallest absolute Gasteiger partial charge is 0.224 e. The summed E-state index contributed by atoms with van der Waals surface area (Å²) < 4.78 is 0. The fraction of sp³-hybridized carbons (Fsp3) is 0.500. The van der Waals surface area contributed by atoms with Gasteiger partial charge in [-0.15, -0.1) is 0 Å². The van der Waals surface area contributed by atoms with E-state index in [1.165, 1.54) is 19.4 Å². The number of nitrogens with zero attached hydrogens (tertiary/aromatic N) is 4. The van der Waals surface area contributed by atoms with Crippen LogP contribution in [-0.4, -0.2) is 55.1 Å². The van der Waals surface area contributed by atoms with Crippen LogP contribution in [0.25, 0.3) is 10.9 Å². The summed E-state index contributed by atoms with van der Waals surface area (Å²) in [6, 6.07) is 8.73. The number of rotatable bonds is 3. The van der Waals surface area contributed by atoms with Gasteiger partial charge in [0.2, 0.25) is 5.95 Å². The molecule has 5 heteroatoms. The fourth-order valence-corrected chi connectivity index (χ4v) is 3.07. The first-order chi connectivity index (χ1) is 10.2. The van der Waals surface area contributed by atoms with Crippen molar-refractivity contribution in [1.29, 1.82) is 0 Å². The maximum absolute atomic E-state index is 4.70. The number of nitrogens with one attached hydrogen (secondary N) is 1. The van der Waals surface area contributed by atoms with Crippen LogP contribution < -0.4 is 10.2 Å². The van der Waals surface area contributed by atoms with E-state index in [4.69, 9.17) is 4.98 Å². The van der Waals surface area contributed by atoms with E-state index in [9.17, 15) is 0 Å². The molecule has 0 spiro atoms. The first kappa shape index (κ1) is 14.1. The molecule has 21 heavy (non-hydrogen) atoms. The van der Waals surface area contributed by atoms with Gasteiger partial charge in [0.15, 0.2) is 0 Å². The minimum atomic E-state index is 0.506. The number of hydrogen-bond acceptors (Lipinski definition) is 5. The average Bonchev–Trinajstić information content (AvgIpc) is 2.53. The Balaban J connectivity index is 2.01. The van der Waals surface area contributed by atoms with Crippen LogP contribution >= 0.6 is 0 Å². The van der Waals surface area contributed by atoms with Crippen molar-refractivity contribution in [3.05, 3.63) is 24.3 Å². The molecule has 1 saturated heterocycles. The first-order valence-electron chi connectivity index (χ1n) is 7.55. The maximum atomic E-state index is 4.70. The lowest BCUT2D eigenvalue weighted by molar-refractivity contribution is 0.247. The molecule has 2 aromatic rings. The lowest BCUT2D eigenvalue weighted by atomic mass is 10.0. The van der Waals surface area contributed by atoms with Crippen molar-refractivity contribution in [2.45, 2.75) is 18.9 Å². The Morgan fingerprint density at radius 3 is 2.86 bits per heavy atom. The number of para-hydroxylation sites is 1. The van der Waals surface area contributed by atoms with E-state index in [2.05, 4.69) is 46.3 Å². The molecular formula is C16H23N5. The third kappa shape index (κ3) is 2.78. The summed E-state index contributed by atoms with van der Waals surface area (Å²) in [5.74, 6) is 1.70. The van der Waals surface area contributed by atoms with E-state index < -0.39 is 0 Å². The number of likely N-dealkylation sites (tertiary alicyclic amines) is 1. The molecule has 1 aromatic heterocycles. The molecule has 3 rings (SSSR count). The number of fused-ring (bicyclic) bond motifs is 1. The van der Waals surface area contributed by atoms with Crippen LogP contribution in [0.1, 0.15) is 12.8 Å². The van der Waals surface area contributed by atoms with Crippen LogP contribution in [0.2, 0.25) is 0 Å². The normalized spacial score (nSPS) is 19.7. The molecule has 1 unspecified atom stereocenters. The Morgan fingerprint density at radius 1 is 1.29 bits per heavy atom. The summed E-state index contributed by atoms with van der Waals surface area (Å²) in [4.78, 5) is 14.0. The number of hydrogen-bond donors (Lipinski definition) is 1. The number of benzene rings is 1. The molecular weight excluding hydrogens is 262 g/mol. The molecule has 0 bridgehead atoms. The molecule has 0 saturated carbocycles.